The molecule has 1 N–H and O–H groups in total. The molecule has 1 saturated heterocycles. The molecule has 1 aromatic rings. The summed E-state index contributed by atoms with van der Waals surface area (Å²) >= 11 is 6.06. The second kappa shape index (κ2) is 9.91. The Balaban J connectivity index is 2.00. The summed E-state index contributed by atoms with van der Waals surface area (Å²) in [4.78, 5) is 4.96. The maximum absolute atomic E-state index is 10.9. The number of nitrogens with zero attached hydrogens (tertiary/aromatic N) is 2. The lowest BCUT2D eigenvalue weighted by Crippen LogP contribution is -2.56. The predicted molar refractivity (Wildman–Crippen MR) is 107 cm³/mol. The molecular formula is C21H35ClN2O. The van der Waals surface area contributed by atoms with Crippen molar-refractivity contribution >= 4 is 11.6 Å². The smallest absolute Gasteiger partial charge is 0.0822 e. The molecule has 1 aliphatic rings. The highest BCUT2D eigenvalue weighted by Crippen LogP contribution is 2.24. The maximum Gasteiger partial charge on any atom is 0.0822 e. The van der Waals surface area contributed by atoms with Gasteiger partial charge in [-0.15, -0.1) is 0 Å². The zero-order chi connectivity index (χ0) is 18.4. The number of benzene rings is 1. The van der Waals surface area contributed by atoms with Gasteiger partial charge in [0, 0.05) is 36.7 Å². The zero-order valence-corrected chi connectivity index (χ0v) is 17.1. The fourth-order valence-corrected chi connectivity index (χ4v) is 4.45. The van der Waals surface area contributed by atoms with Gasteiger partial charge in [-0.05, 0) is 62.4 Å². The first-order valence-corrected chi connectivity index (χ1v) is 10.3. The number of halogens is 1. The van der Waals surface area contributed by atoms with E-state index in [2.05, 4.69) is 43.6 Å². The van der Waals surface area contributed by atoms with Crippen molar-refractivity contribution in [3.05, 3.63) is 34.3 Å². The highest BCUT2D eigenvalue weighted by atomic mass is 35.5. The molecule has 0 spiro atoms. The minimum atomic E-state index is -0.270. The van der Waals surface area contributed by atoms with E-state index >= 15 is 0 Å². The van der Waals surface area contributed by atoms with Crippen LogP contribution in [0.15, 0.2) is 18.2 Å². The second-order valence-corrected chi connectivity index (χ2v) is 7.87. The van der Waals surface area contributed by atoms with Crippen molar-refractivity contribution in [3.63, 3.8) is 0 Å². The maximum atomic E-state index is 10.9. The van der Waals surface area contributed by atoms with Crippen LogP contribution in [0.4, 0.5) is 0 Å². The molecule has 2 unspecified atom stereocenters. The van der Waals surface area contributed by atoms with E-state index in [1.807, 2.05) is 12.1 Å². The van der Waals surface area contributed by atoms with E-state index in [-0.39, 0.29) is 6.10 Å². The van der Waals surface area contributed by atoms with Crippen LogP contribution in [0, 0.1) is 6.92 Å². The summed E-state index contributed by atoms with van der Waals surface area (Å²) in [5, 5.41) is 11.7. The van der Waals surface area contributed by atoms with Gasteiger partial charge in [0.15, 0.2) is 0 Å². The molecule has 2 atom stereocenters. The lowest BCUT2D eigenvalue weighted by molar-refractivity contribution is -0.0327. The molecule has 0 aliphatic carbocycles. The molecule has 1 aromatic carbocycles. The highest BCUT2D eigenvalue weighted by molar-refractivity contribution is 6.30. The normalized spacial score (nSPS) is 22.1. The summed E-state index contributed by atoms with van der Waals surface area (Å²) in [7, 11) is 0. The third-order valence-corrected chi connectivity index (χ3v) is 5.88. The van der Waals surface area contributed by atoms with Crippen molar-refractivity contribution in [3.8, 4) is 0 Å². The Hall–Kier alpha value is -0.610. The molecule has 1 heterocycles. The van der Waals surface area contributed by atoms with Crippen LogP contribution in [0.1, 0.15) is 57.6 Å². The first kappa shape index (κ1) is 20.7. The van der Waals surface area contributed by atoms with E-state index in [9.17, 15) is 5.11 Å². The molecule has 3 nitrogen and oxygen atoms in total. The Morgan fingerprint density at radius 3 is 2.56 bits per heavy atom. The molecule has 142 valence electrons. The molecule has 25 heavy (non-hydrogen) atoms. The number of aliphatic hydroxyl groups excluding tert-OH is 1. The number of hydrogen-bond donors (Lipinski definition) is 1. The van der Waals surface area contributed by atoms with Gasteiger partial charge in [0.1, 0.15) is 0 Å². The highest BCUT2D eigenvalue weighted by Gasteiger charge is 2.34. The third kappa shape index (κ3) is 5.43. The predicted octanol–water partition coefficient (Wildman–Crippen LogP) is 4.48. The lowest BCUT2D eigenvalue weighted by atomic mass is 9.95. The number of aliphatic hydroxyl groups is 1. The molecule has 1 aliphatic heterocycles. The van der Waals surface area contributed by atoms with Crippen LogP contribution in [0.5, 0.6) is 0 Å². The SMILES string of the molecule is CCCN(C(CC)CC)C1CCN(Cc2ccc(Cl)cc2C)CC1O. The monoisotopic (exact) mass is 366 g/mol. The average molecular weight is 367 g/mol. The van der Waals surface area contributed by atoms with Crippen LogP contribution >= 0.6 is 11.6 Å². The van der Waals surface area contributed by atoms with E-state index < -0.39 is 0 Å². The molecule has 0 radical (unpaired) electrons. The average Bonchev–Trinajstić information content (AvgIpc) is 2.58. The number of likely N-dealkylation sites (tertiary alicyclic amines) is 1. The van der Waals surface area contributed by atoms with Crippen molar-refractivity contribution < 1.29 is 5.11 Å². The van der Waals surface area contributed by atoms with Crippen molar-refractivity contribution in [1.29, 1.82) is 0 Å². The zero-order valence-electron chi connectivity index (χ0n) is 16.3. The van der Waals surface area contributed by atoms with Crippen LogP contribution in [0.2, 0.25) is 5.02 Å². The second-order valence-electron chi connectivity index (χ2n) is 7.44. The van der Waals surface area contributed by atoms with Gasteiger partial charge in [-0.3, -0.25) is 9.80 Å². The van der Waals surface area contributed by atoms with E-state index in [1.165, 1.54) is 11.1 Å². The van der Waals surface area contributed by atoms with Crippen molar-refractivity contribution in [2.24, 2.45) is 0 Å². The van der Waals surface area contributed by atoms with E-state index in [0.717, 1.165) is 56.9 Å². The standard InChI is InChI=1S/C21H35ClN2O/c1-5-11-24(19(6-2)7-3)20-10-12-23(15-21(20)25)14-17-8-9-18(22)13-16(17)4/h8-9,13,19-21,25H,5-7,10-12,14-15H2,1-4H3. The molecule has 4 heteroatoms. The summed E-state index contributed by atoms with van der Waals surface area (Å²) in [6.45, 7) is 12.7. The fourth-order valence-electron chi connectivity index (χ4n) is 4.23. The summed E-state index contributed by atoms with van der Waals surface area (Å²) in [6.07, 6.45) is 4.24. The summed E-state index contributed by atoms with van der Waals surface area (Å²) < 4.78 is 0. The summed E-state index contributed by atoms with van der Waals surface area (Å²) in [5.74, 6) is 0. The van der Waals surface area contributed by atoms with Gasteiger partial charge < -0.3 is 5.11 Å². The Kier molecular flexibility index (Phi) is 8.21. The van der Waals surface area contributed by atoms with E-state index in [4.69, 9.17) is 11.6 Å². The topological polar surface area (TPSA) is 26.7 Å². The number of rotatable bonds is 8. The molecule has 0 amide bonds. The lowest BCUT2D eigenvalue weighted by Gasteiger charge is -2.45. The van der Waals surface area contributed by atoms with Crippen LogP contribution in [0.25, 0.3) is 0 Å². The quantitative estimate of drug-likeness (QED) is 0.734. The van der Waals surface area contributed by atoms with Crippen LogP contribution in [0.3, 0.4) is 0 Å². The molecule has 0 saturated carbocycles. The van der Waals surface area contributed by atoms with Crippen LogP contribution < -0.4 is 0 Å². The molecule has 1 fully saturated rings. The summed E-state index contributed by atoms with van der Waals surface area (Å²) in [6, 6.07) is 6.99. The summed E-state index contributed by atoms with van der Waals surface area (Å²) in [5.41, 5.74) is 2.54. The number of hydrogen-bond acceptors (Lipinski definition) is 3. The van der Waals surface area contributed by atoms with Gasteiger partial charge >= 0.3 is 0 Å². The van der Waals surface area contributed by atoms with Crippen LogP contribution in [-0.2, 0) is 6.54 Å². The number of piperidine rings is 1. The Bertz CT molecular complexity index is 533. The molecular weight excluding hydrogens is 332 g/mol. The Morgan fingerprint density at radius 2 is 2.00 bits per heavy atom. The van der Waals surface area contributed by atoms with Gasteiger partial charge in [0.25, 0.3) is 0 Å². The largest absolute Gasteiger partial charge is 0.390 e. The number of aryl methyl sites for hydroxylation is 1. The van der Waals surface area contributed by atoms with Gasteiger partial charge in [-0.25, -0.2) is 0 Å². The van der Waals surface area contributed by atoms with Gasteiger partial charge in [-0.1, -0.05) is 38.4 Å². The van der Waals surface area contributed by atoms with Gasteiger partial charge in [0.2, 0.25) is 0 Å². The van der Waals surface area contributed by atoms with E-state index in [0.29, 0.717) is 12.1 Å². The Labute approximate surface area is 159 Å². The van der Waals surface area contributed by atoms with Crippen molar-refractivity contribution in [2.45, 2.75) is 78.1 Å². The molecule has 2 rings (SSSR count). The van der Waals surface area contributed by atoms with Crippen molar-refractivity contribution in [2.75, 3.05) is 19.6 Å². The number of β-amino-alcohol motifs (C(OH)–C–C–N with tert-alkyl or cyclic N) is 1. The fraction of sp³-hybridized carbons (Fsp3) is 0.714. The van der Waals surface area contributed by atoms with E-state index in [1.54, 1.807) is 0 Å². The first-order valence-electron chi connectivity index (χ1n) is 9.91. The molecule has 0 bridgehead atoms. The molecule has 0 aromatic heterocycles. The minimum absolute atomic E-state index is 0.270. The minimum Gasteiger partial charge on any atom is -0.390 e. The third-order valence-electron chi connectivity index (χ3n) is 5.65. The van der Waals surface area contributed by atoms with Crippen molar-refractivity contribution in [1.82, 2.24) is 9.80 Å². The first-order chi connectivity index (χ1) is 12.0. The van der Waals surface area contributed by atoms with Crippen LogP contribution in [-0.4, -0.2) is 52.7 Å². The van der Waals surface area contributed by atoms with Gasteiger partial charge in [-0.2, -0.15) is 0 Å². The Morgan fingerprint density at radius 1 is 1.28 bits per heavy atom. The van der Waals surface area contributed by atoms with Gasteiger partial charge in [0.05, 0.1) is 6.10 Å².